The van der Waals surface area contributed by atoms with Gasteiger partial charge in [-0.25, -0.2) is 9.98 Å². The van der Waals surface area contributed by atoms with Gasteiger partial charge in [-0.3, -0.25) is 0 Å². The highest BCUT2D eigenvalue weighted by molar-refractivity contribution is 14.0. The first kappa shape index (κ1) is 21.4. The van der Waals surface area contributed by atoms with E-state index in [0.717, 1.165) is 61.1 Å². The summed E-state index contributed by atoms with van der Waals surface area (Å²) >= 11 is 0. The maximum absolute atomic E-state index is 5.58. The van der Waals surface area contributed by atoms with Gasteiger partial charge in [-0.2, -0.15) is 0 Å². The molecule has 0 saturated carbocycles. The van der Waals surface area contributed by atoms with Crippen LogP contribution in [0.5, 0.6) is 5.75 Å². The molecule has 2 heterocycles. The van der Waals surface area contributed by atoms with Gasteiger partial charge in [0, 0.05) is 26.6 Å². The van der Waals surface area contributed by atoms with Crippen LogP contribution in [0, 0.1) is 0 Å². The Morgan fingerprint density at radius 1 is 1.21 bits per heavy atom. The third-order valence-electron chi connectivity index (χ3n) is 5.06. The fraction of sp³-hybridized carbons (Fsp3) is 0.364. The van der Waals surface area contributed by atoms with Crippen LogP contribution in [0.25, 0.3) is 11.0 Å². The van der Waals surface area contributed by atoms with E-state index >= 15 is 0 Å². The summed E-state index contributed by atoms with van der Waals surface area (Å²) in [7, 11) is 2.04. The summed E-state index contributed by atoms with van der Waals surface area (Å²) in [6.45, 7) is 5.07. The van der Waals surface area contributed by atoms with Crippen molar-refractivity contribution in [3.05, 3.63) is 59.4 Å². The second-order valence-corrected chi connectivity index (χ2v) is 6.99. The normalized spacial score (nSPS) is 13.0. The molecule has 1 aliphatic rings. The Labute approximate surface area is 188 Å². The fourth-order valence-corrected chi connectivity index (χ4v) is 3.55. The highest BCUT2D eigenvalue weighted by atomic mass is 127. The Kier molecular flexibility index (Phi) is 7.35. The molecule has 7 heteroatoms. The van der Waals surface area contributed by atoms with E-state index in [1.807, 2.05) is 25.2 Å². The third kappa shape index (κ3) is 5.01. The van der Waals surface area contributed by atoms with E-state index in [0.29, 0.717) is 6.54 Å². The molecule has 0 radical (unpaired) electrons. The van der Waals surface area contributed by atoms with Crippen LogP contribution in [-0.2, 0) is 26.4 Å². The lowest BCUT2D eigenvalue weighted by Gasteiger charge is -2.11. The summed E-state index contributed by atoms with van der Waals surface area (Å²) in [4.78, 5) is 9.41. The first-order valence-electron chi connectivity index (χ1n) is 9.91. The number of ether oxygens (including phenoxy) is 1. The Bertz CT molecular complexity index is 998. The van der Waals surface area contributed by atoms with Crippen molar-refractivity contribution < 1.29 is 4.74 Å². The van der Waals surface area contributed by atoms with Crippen molar-refractivity contribution >= 4 is 41.0 Å². The zero-order valence-electron chi connectivity index (χ0n) is 16.9. The van der Waals surface area contributed by atoms with Gasteiger partial charge < -0.3 is 19.9 Å². The van der Waals surface area contributed by atoms with E-state index in [1.54, 1.807) is 0 Å². The number of fused-ring (bicyclic) bond motifs is 2. The molecule has 6 nitrogen and oxygen atoms in total. The summed E-state index contributed by atoms with van der Waals surface area (Å²) in [5.41, 5.74) is 4.78. The van der Waals surface area contributed by atoms with Gasteiger partial charge in [0.25, 0.3) is 0 Å². The SMILES string of the molecule is CCNC(=NCc1nc2ccccc2n1C)NCCc1ccc2c(c1)CCO2.I. The van der Waals surface area contributed by atoms with Crippen LogP contribution >= 0.6 is 24.0 Å². The molecular weight excluding hydrogens is 477 g/mol. The van der Waals surface area contributed by atoms with E-state index < -0.39 is 0 Å². The first-order chi connectivity index (χ1) is 13.7. The molecule has 2 N–H and O–H groups in total. The maximum Gasteiger partial charge on any atom is 0.191 e. The van der Waals surface area contributed by atoms with Crippen LogP contribution in [0.4, 0.5) is 0 Å². The van der Waals surface area contributed by atoms with Gasteiger partial charge >= 0.3 is 0 Å². The fourth-order valence-electron chi connectivity index (χ4n) is 3.55. The number of guanidine groups is 1. The van der Waals surface area contributed by atoms with Gasteiger partial charge in [-0.1, -0.05) is 24.3 Å². The summed E-state index contributed by atoms with van der Waals surface area (Å²) in [6, 6.07) is 14.7. The second-order valence-electron chi connectivity index (χ2n) is 6.99. The number of para-hydroxylation sites is 2. The smallest absolute Gasteiger partial charge is 0.191 e. The maximum atomic E-state index is 5.58. The lowest BCUT2D eigenvalue weighted by atomic mass is 10.1. The third-order valence-corrected chi connectivity index (χ3v) is 5.06. The summed E-state index contributed by atoms with van der Waals surface area (Å²) in [5, 5.41) is 6.75. The average molecular weight is 505 g/mol. The van der Waals surface area contributed by atoms with Crippen LogP contribution in [0.2, 0.25) is 0 Å². The Balaban J connectivity index is 0.00000240. The number of hydrogen-bond donors (Lipinski definition) is 2. The molecule has 0 atom stereocenters. The summed E-state index contributed by atoms with van der Waals surface area (Å²) in [5.74, 6) is 2.81. The van der Waals surface area contributed by atoms with Gasteiger partial charge in [-0.05, 0) is 42.7 Å². The van der Waals surface area contributed by atoms with E-state index in [-0.39, 0.29) is 24.0 Å². The number of benzene rings is 2. The monoisotopic (exact) mass is 505 g/mol. The number of imidazole rings is 1. The molecule has 4 rings (SSSR count). The number of aromatic nitrogens is 2. The summed E-state index contributed by atoms with van der Waals surface area (Å²) in [6.07, 6.45) is 1.96. The van der Waals surface area contributed by atoms with Gasteiger partial charge in [0.2, 0.25) is 0 Å². The predicted octanol–water partition coefficient (Wildman–Crippen LogP) is 3.42. The van der Waals surface area contributed by atoms with Crippen LogP contribution in [0.1, 0.15) is 23.9 Å². The number of hydrogen-bond acceptors (Lipinski definition) is 3. The molecule has 0 aliphatic carbocycles. The highest BCUT2D eigenvalue weighted by Crippen LogP contribution is 2.25. The van der Waals surface area contributed by atoms with E-state index in [2.05, 4.69) is 46.4 Å². The topological polar surface area (TPSA) is 63.5 Å². The van der Waals surface area contributed by atoms with Gasteiger partial charge in [-0.15, -0.1) is 24.0 Å². The van der Waals surface area contributed by atoms with Crippen molar-refractivity contribution in [1.29, 1.82) is 0 Å². The lowest BCUT2D eigenvalue weighted by molar-refractivity contribution is 0.357. The van der Waals surface area contributed by atoms with Crippen molar-refractivity contribution in [3.8, 4) is 5.75 Å². The predicted molar refractivity (Wildman–Crippen MR) is 128 cm³/mol. The van der Waals surface area contributed by atoms with Crippen LogP contribution in [-0.4, -0.2) is 35.2 Å². The minimum Gasteiger partial charge on any atom is -0.493 e. The van der Waals surface area contributed by atoms with E-state index in [4.69, 9.17) is 14.7 Å². The molecule has 0 bridgehead atoms. The summed E-state index contributed by atoms with van der Waals surface area (Å²) < 4.78 is 7.69. The van der Waals surface area contributed by atoms with E-state index in [9.17, 15) is 0 Å². The Morgan fingerprint density at radius 2 is 2.07 bits per heavy atom. The van der Waals surface area contributed by atoms with Crippen molar-refractivity contribution in [2.24, 2.45) is 12.0 Å². The first-order valence-corrected chi connectivity index (χ1v) is 9.91. The molecule has 3 aromatic rings. The van der Waals surface area contributed by atoms with Gasteiger partial charge in [0.1, 0.15) is 18.1 Å². The highest BCUT2D eigenvalue weighted by Gasteiger charge is 2.12. The number of aryl methyl sites for hydroxylation is 1. The van der Waals surface area contributed by atoms with Crippen molar-refractivity contribution in [2.75, 3.05) is 19.7 Å². The minimum absolute atomic E-state index is 0. The van der Waals surface area contributed by atoms with Crippen molar-refractivity contribution in [3.63, 3.8) is 0 Å². The molecule has 2 aromatic carbocycles. The zero-order chi connectivity index (χ0) is 19.3. The van der Waals surface area contributed by atoms with Crippen LogP contribution in [0.3, 0.4) is 0 Å². The molecule has 154 valence electrons. The molecule has 1 aromatic heterocycles. The molecule has 0 spiro atoms. The second kappa shape index (κ2) is 9.96. The molecule has 29 heavy (non-hydrogen) atoms. The number of nitrogens with zero attached hydrogens (tertiary/aromatic N) is 3. The standard InChI is InChI=1S/C22H27N5O.HI/c1-3-23-22(24-12-10-16-8-9-20-17(14-16)11-13-28-20)25-15-21-26-18-6-4-5-7-19(18)27(21)2;/h4-9,14H,3,10-13,15H2,1-2H3,(H2,23,24,25);1H. The Morgan fingerprint density at radius 3 is 2.90 bits per heavy atom. The van der Waals surface area contributed by atoms with E-state index in [1.165, 1.54) is 11.1 Å². The molecular formula is C22H28IN5O. The van der Waals surface area contributed by atoms with Gasteiger partial charge in [0.15, 0.2) is 5.96 Å². The average Bonchev–Trinajstić information content (AvgIpc) is 3.30. The van der Waals surface area contributed by atoms with Crippen molar-refractivity contribution in [2.45, 2.75) is 26.3 Å². The quantitative estimate of drug-likeness (QED) is 0.306. The van der Waals surface area contributed by atoms with Crippen LogP contribution in [0.15, 0.2) is 47.5 Å². The number of nitrogens with one attached hydrogen (secondary N) is 2. The zero-order valence-corrected chi connectivity index (χ0v) is 19.3. The number of aliphatic imine (C=N–C) groups is 1. The molecule has 0 unspecified atom stereocenters. The Hall–Kier alpha value is -2.29. The molecule has 1 aliphatic heterocycles. The molecule has 0 fully saturated rings. The largest absolute Gasteiger partial charge is 0.493 e. The number of halogens is 1. The number of rotatable bonds is 6. The van der Waals surface area contributed by atoms with Gasteiger partial charge in [0.05, 0.1) is 17.6 Å². The molecule has 0 saturated heterocycles. The van der Waals surface area contributed by atoms with Crippen molar-refractivity contribution in [1.82, 2.24) is 20.2 Å². The molecule has 0 amide bonds. The lowest BCUT2D eigenvalue weighted by Crippen LogP contribution is -2.38. The van der Waals surface area contributed by atoms with Crippen LogP contribution < -0.4 is 15.4 Å². The minimum atomic E-state index is 0.